The van der Waals surface area contributed by atoms with Crippen LogP contribution in [0.25, 0.3) is 0 Å². The van der Waals surface area contributed by atoms with Crippen LogP contribution in [0.3, 0.4) is 0 Å². The number of rotatable bonds is 65. The maximum atomic E-state index is 12.9. The first-order chi connectivity index (χ1) is 38.5. The minimum atomic E-state index is -4.39. The number of esters is 2. The number of nitrogens with zero attached hydrogens (tertiary/aromatic N) is 1. The van der Waals surface area contributed by atoms with Crippen LogP contribution in [0.4, 0.5) is 0 Å². The third-order valence-electron chi connectivity index (χ3n) is 15.7. The van der Waals surface area contributed by atoms with Crippen molar-refractivity contribution < 1.29 is 42.1 Å². The molecule has 0 heterocycles. The number of unbranched alkanes of at least 4 members (excludes halogenated alkanes) is 47. The quantitative estimate of drug-likeness (QED) is 0.0211. The highest BCUT2D eigenvalue weighted by molar-refractivity contribution is 7.47. The molecule has 0 saturated carbocycles. The molecule has 0 radical (unpaired) electrons. The van der Waals surface area contributed by atoms with Crippen LogP contribution in [0.5, 0.6) is 0 Å². The number of phosphoric ester groups is 1. The van der Waals surface area contributed by atoms with Gasteiger partial charge in [-0.3, -0.25) is 18.6 Å². The second-order valence-electron chi connectivity index (χ2n) is 24.9. The van der Waals surface area contributed by atoms with Gasteiger partial charge in [-0.25, -0.2) is 4.57 Å². The second-order valence-corrected chi connectivity index (χ2v) is 26.4. The molecule has 0 saturated heterocycles. The Kier molecular flexibility index (Phi) is 59.9. The number of allylic oxidation sites excluding steroid dienone is 4. The largest absolute Gasteiger partial charge is 0.472 e. The van der Waals surface area contributed by atoms with Crippen molar-refractivity contribution in [3.63, 3.8) is 0 Å². The van der Waals surface area contributed by atoms with Crippen LogP contribution in [0.1, 0.15) is 354 Å². The predicted octanol–water partition coefficient (Wildman–Crippen LogP) is 22.1. The molecule has 0 rings (SSSR count). The third kappa shape index (κ3) is 65.5. The topological polar surface area (TPSA) is 108 Å². The van der Waals surface area contributed by atoms with Crippen molar-refractivity contribution in [3.05, 3.63) is 24.3 Å². The van der Waals surface area contributed by atoms with E-state index in [2.05, 4.69) is 38.2 Å². The summed E-state index contributed by atoms with van der Waals surface area (Å²) in [4.78, 5) is 35.8. The van der Waals surface area contributed by atoms with Crippen LogP contribution < -0.4 is 0 Å². The van der Waals surface area contributed by atoms with E-state index in [0.717, 1.165) is 38.5 Å². The van der Waals surface area contributed by atoms with Gasteiger partial charge in [-0.15, -0.1) is 0 Å². The Morgan fingerprint density at radius 3 is 1.00 bits per heavy atom. The molecule has 2 atom stereocenters. The van der Waals surface area contributed by atoms with E-state index in [1.165, 1.54) is 283 Å². The molecule has 79 heavy (non-hydrogen) atoms. The lowest BCUT2D eigenvalue weighted by molar-refractivity contribution is -0.870. The second kappa shape index (κ2) is 61.1. The molecule has 0 aromatic heterocycles. The molecule has 9 nitrogen and oxygen atoms in total. The Balaban J connectivity index is 3.98. The summed E-state index contributed by atoms with van der Waals surface area (Å²) in [6.45, 7) is 4.49. The van der Waals surface area contributed by atoms with Crippen LogP contribution in [0.2, 0.25) is 0 Å². The van der Waals surface area contributed by atoms with Crippen LogP contribution in [0.15, 0.2) is 24.3 Å². The van der Waals surface area contributed by atoms with Gasteiger partial charge in [-0.2, -0.15) is 0 Å². The van der Waals surface area contributed by atoms with Crippen molar-refractivity contribution in [2.75, 3.05) is 47.5 Å². The molecule has 0 spiro atoms. The predicted molar refractivity (Wildman–Crippen MR) is 340 cm³/mol. The summed E-state index contributed by atoms with van der Waals surface area (Å²) in [6, 6.07) is 0. The van der Waals surface area contributed by atoms with E-state index in [0.29, 0.717) is 23.9 Å². The molecule has 0 amide bonds. The molecule has 0 aliphatic rings. The average Bonchev–Trinajstić information content (AvgIpc) is 3.41. The third-order valence-corrected chi connectivity index (χ3v) is 16.7. The maximum absolute atomic E-state index is 12.9. The standard InChI is InChI=1S/C69H134NO8P/c1-6-8-10-12-14-16-18-20-22-24-26-28-30-31-32-33-34-35-36-37-38-40-41-43-45-47-49-51-53-55-57-59-61-68(71)75-65-67(66-77-79(73,74)76-64-63-70(3,4)5)78-69(72)62-60-58-56-54-52-50-48-46-44-42-39-29-27-25-23-21-19-17-15-13-11-9-7-2/h19,21,25,27,67H,6-18,20,22-24,26,28-66H2,1-5H3/p+1/b21-19-,27-25-. The van der Waals surface area contributed by atoms with E-state index in [9.17, 15) is 19.0 Å². The zero-order chi connectivity index (χ0) is 57.7. The fourth-order valence-electron chi connectivity index (χ4n) is 10.4. The number of ether oxygens (including phenoxy) is 2. The van der Waals surface area contributed by atoms with E-state index in [1.54, 1.807) is 0 Å². The van der Waals surface area contributed by atoms with E-state index >= 15 is 0 Å². The Morgan fingerprint density at radius 2 is 0.684 bits per heavy atom. The molecule has 0 bridgehead atoms. The minimum Gasteiger partial charge on any atom is -0.462 e. The molecule has 0 aliphatic carbocycles. The number of quaternary nitrogens is 1. The van der Waals surface area contributed by atoms with Crippen molar-refractivity contribution in [1.82, 2.24) is 0 Å². The highest BCUT2D eigenvalue weighted by Gasteiger charge is 2.27. The summed E-state index contributed by atoms with van der Waals surface area (Å²) < 4.78 is 34.7. The van der Waals surface area contributed by atoms with Crippen molar-refractivity contribution >= 4 is 19.8 Å². The van der Waals surface area contributed by atoms with E-state index in [1.807, 2.05) is 21.1 Å². The van der Waals surface area contributed by atoms with Crippen molar-refractivity contribution in [2.24, 2.45) is 0 Å². The fraction of sp³-hybridized carbons (Fsp3) is 0.913. The molecule has 0 fully saturated rings. The first kappa shape index (κ1) is 77.5. The Labute approximate surface area is 491 Å². The lowest BCUT2D eigenvalue weighted by Crippen LogP contribution is -2.37. The first-order valence-corrected chi connectivity index (χ1v) is 36.1. The smallest absolute Gasteiger partial charge is 0.462 e. The van der Waals surface area contributed by atoms with Gasteiger partial charge >= 0.3 is 19.8 Å². The monoisotopic (exact) mass is 1140 g/mol. The summed E-state index contributed by atoms with van der Waals surface area (Å²) in [5, 5.41) is 0. The van der Waals surface area contributed by atoms with Crippen LogP contribution >= 0.6 is 7.82 Å². The molecule has 0 aromatic rings. The summed E-state index contributed by atoms with van der Waals surface area (Å²) in [7, 11) is 1.49. The summed E-state index contributed by atoms with van der Waals surface area (Å²) >= 11 is 0. The highest BCUT2D eigenvalue weighted by Crippen LogP contribution is 2.43. The van der Waals surface area contributed by atoms with Gasteiger partial charge < -0.3 is 18.9 Å². The molecule has 2 unspecified atom stereocenters. The number of hydrogen-bond donors (Lipinski definition) is 1. The SMILES string of the molecule is CCCCCCC/C=C\C/C=C\CCCCCCCCCCCCCC(=O)OC(COC(=O)CCCCCCCCCCCCCCCCCCCCCCCCCCCCCCCCCC)COP(=O)(O)OCC[N+](C)(C)C. The molecule has 0 aromatic carbocycles. The first-order valence-electron chi connectivity index (χ1n) is 34.6. The van der Waals surface area contributed by atoms with Gasteiger partial charge in [-0.05, 0) is 44.9 Å². The number of carbonyl (C=O) groups excluding carboxylic acids is 2. The molecule has 10 heteroatoms. The molecule has 1 N–H and O–H groups in total. The van der Waals surface area contributed by atoms with Gasteiger partial charge in [0.2, 0.25) is 0 Å². The van der Waals surface area contributed by atoms with Gasteiger partial charge in [0.15, 0.2) is 6.10 Å². The Morgan fingerprint density at radius 1 is 0.392 bits per heavy atom. The maximum Gasteiger partial charge on any atom is 0.472 e. The Hall–Kier alpha value is -1.51. The average molecular weight is 1140 g/mol. The number of hydrogen-bond acceptors (Lipinski definition) is 7. The normalized spacial score (nSPS) is 13.2. The van der Waals surface area contributed by atoms with Crippen molar-refractivity contribution in [1.29, 1.82) is 0 Å². The van der Waals surface area contributed by atoms with E-state index in [-0.39, 0.29) is 25.6 Å². The minimum absolute atomic E-state index is 0.0342. The zero-order valence-corrected chi connectivity index (χ0v) is 54.3. The zero-order valence-electron chi connectivity index (χ0n) is 53.4. The van der Waals surface area contributed by atoms with Gasteiger partial charge in [0.1, 0.15) is 19.8 Å². The number of likely N-dealkylation sites (N-methyl/N-ethyl adjacent to an activating group) is 1. The Bertz CT molecular complexity index is 1380. The van der Waals surface area contributed by atoms with Crippen LogP contribution in [0, 0.1) is 0 Å². The van der Waals surface area contributed by atoms with Gasteiger partial charge in [0.05, 0.1) is 27.7 Å². The lowest BCUT2D eigenvalue weighted by Gasteiger charge is -2.24. The van der Waals surface area contributed by atoms with Gasteiger partial charge in [0, 0.05) is 12.8 Å². The number of phosphoric acid groups is 1. The van der Waals surface area contributed by atoms with Crippen LogP contribution in [-0.4, -0.2) is 74.9 Å². The van der Waals surface area contributed by atoms with Gasteiger partial charge in [-0.1, -0.05) is 321 Å². The highest BCUT2D eigenvalue weighted by atomic mass is 31.2. The van der Waals surface area contributed by atoms with E-state index in [4.69, 9.17) is 18.5 Å². The molecule has 0 aliphatic heterocycles. The van der Waals surface area contributed by atoms with Gasteiger partial charge in [0.25, 0.3) is 0 Å². The van der Waals surface area contributed by atoms with E-state index < -0.39 is 26.5 Å². The summed E-state index contributed by atoms with van der Waals surface area (Å²) in [6.07, 6.45) is 75.7. The van der Waals surface area contributed by atoms with Crippen molar-refractivity contribution in [2.45, 2.75) is 360 Å². The summed E-state index contributed by atoms with van der Waals surface area (Å²) in [5.74, 6) is -0.779. The van der Waals surface area contributed by atoms with Crippen LogP contribution in [-0.2, 0) is 32.7 Å². The number of carbonyl (C=O) groups is 2. The summed E-state index contributed by atoms with van der Waals surface area (Å²) in [5.41, 5.74) is 0. The van der Waals surface area contributed by atoms with Crippen molar-refractivity contribution in [3.8, 4) is 0 Å². The fourth-order valence-corrected chi connectivity index (χ4v) is 11.1. The molecule has 468 valence electrons. The molecular formula is C69H135NO8P+. The lowest BCUT2D eigenvalue weighted by atomic mass is 10.0. The molecular weight excluding hydrogens is 1000 g/mol.